The van der Waals surface area contributed by atoms with Crippen molar-refractivity contribution in [1.82, 2.24) is 9.88 Å². The third kappa shape index (κ3) is 3.78. The second-order valence-corrected chi connectivity index (χ2v) is 8.61. The van der Waals surface area contributed by atoms with Gasteiger partial charge in [0.25, 0.3) is 11.8 Å². The SMILES string of the molecule is Cc1ccc(-n2c(C)cc(/C=C3\C(=O)NC(=S)N(c4ccc(C)c(C)c4)C3=O)c2C)cc1. The molecule has 2 aromatic carbocycles. The number of hydrogen-bond acceptors (Lipinski definition) is 3. The zero-order valence-electron chi connectivity index (χ0n) is 18.8. The van der Waals surface area contributed by atoms with E-state index in [-0.39, 0.29) is 10.7 Å². The Morgan fingerprint density at radius 1 is 0.844 bits per heavy atom. The molecule has 1 aliphatic heterocycles. The van der Waals surface area contributed by atoms with E-state index in [4.69, 9.17) is 12.2 Å². The molecule has 5 nitrogen and oxygen atoms in total. The minimum absolute atomic E-state index is 0.0565. The number of aryl methyl sites for hydroxylation is 4. The van der Waals surface area contributed by atoms with Gasteiger partial charge in [-0.3, -0.25) is 19.8 Å². The molecule has 0 radical (unpaired) electrons. The van der Waals surface area contributed by atoms with Crippen LogP contribution in [0, 0.1) is 34.6 Å². The molecule has 32 heavy (non-hydrogen) atoms. The number of rotatable bonds is 3. The highest BCUT2D eigenvalue weighted by molar-refractivity contribution is 7.80. The van der Waals surface area contributed by atoms with Gasteiger partial charge in [0.05, 0.1) is 5.69 Å². The first-order valence-electron chi connectivity index (χ1n) is 10.4. The fourth-order valence-electron chi connectivity index (χ4n) is 3.94. The molecule has 1 aliphatic rings. The lowest BCUT2D eigenvalue weighted by atomic mass is 10.1. The summed E-state index contributed by atoms with van der Waals surface area (Å²) < 4.78 is 2.11. The van der Waals surface area contributed by atoms with Gasteiger partial charge in [0.1, 0.15) is 5.57 Å². The number of benzene rings is 2. The van der Waals surface area contributed by atoms with Crippen LogP contribution in [-0.4, -0.2) is 21.5 Å². The van der Waals surface area contributed by atoms with Gasteiger partial charge in [-0.15, -0.1) is 0 Å². The van der Waals surface area contributed by atoms with Crippen LogP contribution in [0.1, 0.15) is 33.6 Å². The van der Waals surface area contributed by atoms with Crippen LogP contribution in [0.25, 0.3) is 11.8 Å². The van der Waals surface area contributed by atoms with Crippen molar-refractivity contribution in [2.75, 3.05) is 4.90 Å². The van der Waals surface area contributed by atoms with Gasteiger partial charge in [-0.2, -0.15) is 0 Å². The lowest BCUT2D eigenvalue weighted by Crippen LogP contribution is -2.54. The summed E-state index contributed by atoms with van der Waals surface area (Å²) in [6, 6.07) is 15.9. The Labute approximate surface area is 193 Å². The van der Waals surface area contributed by atoms with Crippen LogP contribution in [0.4, 0.5) is 5.69 Å². The number of amides is 2. The van der Waals surface area contributed by atoms with Crippen molar-refractivity contribution in [1.29, 1.82) is 0 Å². The largest absolute Gasteiger partial charge is 0.318 e. The molecule has 2 amide bonds. The van der Waals surface area contributed by atoms with E-state index >= 15 is 0 Å². The molecular weight excluding hydrogens is 418 g/mol. The molecule has 0 saturated carbocycles. The summed E-state index contributed by atoms with van der Waals surface area (Å²) in [6.45, 7) is 10.0. The average molecular weight is 444 g/mol. The summed E-state index contributed by atoms with van der Waals surface area (Å²) >= 11 is 5.32. The van der Waals surface area contributed by atoms with Crippen LogP contribution in [0.15, 0.2) is 54.1 Å². The summed E-state index contributed by atoms with van der Waals surface area (Å²) in [7, 11) is 0. The molecule has 6 heteroatoms. The minimum atomic E-state index is -0.486. The maximum absolute atomic E-state index is 13.4. The predicted molar refractivity (Wildman–Crippen MR) is 132 cm³/mol. The lowest BCUT2D eigenvalue weighted by molar-refractivity contribution is -0.122. The zero-order chi connectivity index (χ0) is 23.2. The molecule has 1 aromatic heterocycles. The third-order valence-corrected chi connectivity index (χ3v) is 6.20. The number of nitrogens with zero attached hydrogens (tertiary/aromatic N) is 2. The van der Waals surface area contributed by atoms with Gasteiger partial charge in [0, 0.05) is 17.1 Å². The maximum atomic E-state index is 13.4. The first-order valence-corrected chi connectivity index (χ1v) is 10.8. The monoisotopic (exact) mass is 443 g/mol. The van der Waals surface area contributed by atoms with Crippen LogP contribution in [0.2, 0.25) is 0 Å². The molecule has 0 bridgehead atoms. The average Bonchev–Trinajstić information content (AvgIpc) is 3.01. The number of thiocarbonyl (C=S) groups is 1. The fraction of sp³-hybridized carbons (Fsp3) is 0.192. The van der Waals surface area contributed by atoms with Crippen molar-refractivity contribution in [3.8, 4) is 5.69 Å². The predicted octanol–water partition coefficient (Wildman–Crippen LogP) is 4.85. The van der Waals surface area contributed by atoms with Crippen LogP contribution in [0.3, 0.4) is 0 Å². The molecule has 0 unspecified atom stereocenters. The molecule has 1 fully saturated rings. The summed E-state index contributed by atoms with van der Waals surface area (Å²) in [6.07, 6.45) is 1.65. The third-order valence-electron chi connectivity index (χ3n) is 5.91. The molecule has 2 heterocycles. The Morgan fingerprint density at radius 3 is 2.16 bits per heavy atom. The van der Waals surface area contributed by atoms with Gasteiger partial charge >= 0.3 is 0 Å². The molecule has 1 saturated heterocycles. The van der Waals surface area contributed by atoms with Crippen molar-refractivity contribution in [3.63, 3.8) is 0 Å². The van der Waals surface area contributed by atoms with Crippen molar-refractivity contribution in [3.05, 3.63) is 87.7 Å². The van der Waals surface area contributed by atoms with E-state index in [1.807, 2.05) is 58.9 Å². The van der Waals surface area contributed by atoms with E-state index in [1.54, 1.807) is 6.08 Å². The second kappa shape index (κ2) is 8.20. The second-order valence-electron chi connectivity index (χ2n) is 8.22. The van der Waals surface area contributed by atoms with Gasteiger partial charge in [-0.1, -0.05) is 23.8 Å². The molecule has 0 aliphatic carbocycles. The molecular formula is C26H25N3O2S. The van der Waals surface area contributed by atoms with Crippen LogP contribution in [-0.2, 0) is 9.59 Å². The quantitative estimate of drug-likeness (QED) is 0.358. The summed E-state index contributed by atoms with van der Waals surface area (Å²) in [5, 5.41) is 2.75. The van der Waals surface area contributed by atoms with Gasteiger partial charge in [0.2, 0.25) is 0 Å². The van der Waals surface area contributed by atoms with Gasteiger partial charge in [0.15, 0.2) is 5.11 Å². The normalized spacial score (nSPS) is 15.5. The van der Waals surface area contributed by atoms with E-state index in [0.717, 1.165) is 33.8 Å². The van der Waals surface area contributed by atoms with Gasteiger partial charge in [-0.05, 0) is 99.9 Å². The number of carbonyl (C=O) groups excluding carboxylic acids is 2. The molecule has 1 N–H and O–H groups in total. The molecule has 3 aromatic rings. The number of nitrogens with one attached hydrogen (secondary N) is 1. The summed E-state index contributed by atoms with van der Waals surface area (Å²) in [5.41, 5.74) is 7.86. The van der Waals surface area contributed by atoms with E-state index in [9.17, 15) is 9.59 Å². The number of hydrogen-bond donors (Lipinski definition) is 1. The van der Waals surface area contributed by atoms with E-state index in [0.29, 0.717) is 5.69 Å². The van der Waals surface area contributed by atoms with Crippen LogP contribution < -0.4 is 10.2 Å². The number of aromatic nitrogens is 1. The lowest BCUT2D eigenvalue weighted by Gasteiger charge is -2.29. The summed E-state index contributed by atoms with van der Waals surface area (Å²) in [4.78, 5) is 27.5. The van der Waals surface area contributed by atoms with Crippen molar-refractivity contribution >= 4 is 40.9 Å². The Balaban J connectivity index is 1.76. The Hall–Kier alpha value is -3.51. The Bertz CT molecular complexity index is 1300. The first kappa shape index (κ1) is 21.7. The standard InChI is InChI=1S/C26H25N3O2S/c1-15-6-9-21(10-7-15)28-18(4)13-20(19(28)5)14-23-24(30)27-26(32)29(25(23)31)22-11-8-16(2)17(3)12-22/h6-14H,1-5H3,(H,27,30,32)/b23-14+. The van der Waals surface area contributed by atoms with Crippen LogP contribution in [0.5, 0.6) is 0 Å². The van der Waals surface area contributed by atoms with E-state index in [1.165, 1.54) is 10.5 Å². The molecule has 4 rings (SSSR count). The van der Waals surface area contributed by atoms with Gasteiger partial charge in [-0.25, -0.2) is 0 Å². The Morgan fingerprint density at radius 2 is 1.50 bits per heavy atom. The molecule has 0 spiro atoms. The Kier molecular flexibility index (Phi) is 5.57. The topological polar surface area (TPSA) is 54.3 Å². The van der Waals surface area contributed by atoms with E-state index < -0.39 is 11.8 Å². The molecule has 0 atom stereocenters. The first-order chi connectivity index (χ1) is 15.2. The van der Waals surface area contributed by atoms with E-state index in [2.05, 4.69) is 34.1 Å². The highest BCUT2D eigenvalue weighted by Gasteiger charge is 2.34. The highest BCUT2D eigenvalue weighted by Crippen LogP contribution is 2.27. The minimum Gasteiger partial charge on any atom is -0.318 e. The van der Waals surface area contributed by atoms with Crippen LogP contribution >= 0.6 is 12.2 Å². The fourth-order valence-corrected chi connectivity index (χ4v) is 4.22. The van der Waals surface area contributed by atoms with Crippen molar-refractivity contribution < 1.29 is 9.59 Å². The number of anilines is 1. The van der Waals surface area contributed by atoms with Gasteiger partial charge < -0.3 is 4.57 Å². The highest BCUT2D eigenvalue weighted by atomic mass is 32.1. The zero-order valence-corrected chi connectivity index (χ0v) is 19.6. The number of carbonyl (C=O) groups is 2. The van der Waals surface area contributed by atoms with Crippen molar-refractivity contribution in [2.45, 2.75) is 34.6 Å². The van der Waals surface area contributed by atoms with Crippen molar-refractivity contribution in [2.24, 2.45) is 0 Å². The molecule has 162 valence electrons. The summed E-state index contributed by atoms with van der Waals surface area (Å²) in [5.74, 6) is -0.914. The maximum Gasteiger partial charge on any atom is 0.270 e. The smallest absolute Gasteiger partial charge is 0.270 e.